The third kappa shape index (κ3) is 2.17. The minimum absolute atomic E-state index is 0.0255. The van der Waals surface area contributed by atoms with Gasteiger partial charge in [-0.3, -0.25) is 4.79 Å². The Morgan fingerprint density at radius 1 is 0.842 bits per heavy atom. The molecule has 5 rings (SSSR count). The van der Waals surface area contributed by atoms with E-state index in [4.69, 9.17) is 0 Å². The Labute approximate surface area is 111 Å². The first-order valence-corrected chi connectivity index (χ1v) is 6.29. The molecule has 0 atom stereocenters. The first kappa shape index (κ1) is 11.7. The first-order chi connectivity index (χ1) is 9.25. The number of hydrogen-bond donors (Lipinski definition) is 0. The van der Waals surface area contributed by atoms with Crippen molar-refractivity contribution in [1.29, 1.82) is 0 Å². The number of urea groups is 1. The molecule has 0 radical (unpaired) electrons. The zero-order chi connectivity index (χ0) is 13.2. The van der Waals surface area contributed by atoms with Crippen molar-refractivity contribution in [3.63, 3.8) is 0 Å². The van der Waals surface area contributed by atoms with Crippen molar-refractivity contribution in [1.82, 2.24) is 9.80 Å². The highest BCUT2D eigenvalue weighted by molar-refractivity contribution is 6.00. The van der Waals surface area contributed by atoms with Gasteiger partial charge in [0.05, 0.1) is 0 Å². The van der Waals surface area contributed by atoms with E-state index in [9.17, 15) is 9.59 Å². The Balaban J connectivity index is 0.000000117. The SMILES string of the molecule is O=C1CCN2CN1C2=O.c1ccc2ccccc2c1. The van der Waals surface area contributed by atoms with Gasteiger partial charge in [0.15, 0.2) is 0 Å². The Morgan fingerprint density at radius 2 is 1.37 bits per heavy atom. The van der Waals surface area contributed by atoms with Crippen molar-refractivity contribution in [2.75, 3.05) is 13.2 Å². The van der Waals surface area contributed by atoms with Gasteiger partial charge in [-0.1, -0.05) is 48.5 Å². The molecule has 0 aliphatic carbocycles. The number of rotatable bonds is 0. The number of nitrogens with zero attached hydrogens (tertiary/aromatic N) is 2. The van der Waals surface area contributed by atoms with E-state index in [2.05, 4.69) is 48.5 Å². The molecule has 4 heteroatoms. The Morgan fingerprint density at radius 3 is 1.68 bits per heavy atom. The zero-order valence-electron chi connectivity index (χ0n) is 10.5. The predicted molar refractivity (Wildman–Crippen MR) is 72.4 cm³/mol. The highest BCUT2D eigenvalue weighted by Gasteiger charge is 2.41. The third-order valence-corrected chi connectivity index (χ3v) is 3.37. The summed E-state index contributed by atoms with van der Waals surface area (Å²) in [5, 5.41) is 2.62. The molecular weight excluding hydrogens is 240 g/mol. The maximum atomic E-state index is 10.7. The van der Waals surface area contributed by atoms with Gasteiger partial charge < -0.3 is 4.90 Å². The van der Waals surface area contributed by atoms with Gasteiger partial charge in [0.1, 0.15) is 6.67 Å². The molecule has 3 amide bonds. The lowest BCUT2D eigenvalue weighted by Crippen LogP contribution is -2.66. The number of carbonyl (C=O) groups is 2. The summed E-state index contributed by atoms with van der Waals surface area (Å²) in [4.78, 5) is 24.3. The van der Waals surface area contributed by atoms with E-state index >= 15 is 0 Å². The monoisotopic (exact) mass is 254 g/mol. The van der Waals surface area contributed by atoms with Crippen LogP contribution in [0.15, 0.2) is 48.5 Å². The number of amides is 3. The van der Waals surface area contributed by atoms with Gasteiger partial charge in [-0.2, -0.15) is 0 Å². The van der Waals surface area contributed by atoms with E-state index in [0.29, 0.717) is 19.6 Å². The van der Waals surface area contributed by atoms with Crippen molar-refractivity contribution in [3.8, 4) is 0 Å². The minimum atomic E-state index is -0.119. The molecule has 3 fully saturated rings. The molecule has 0 saturated carbocycles. The van der Waals surface area contributed by atoms with Crippen LogP contribution in [0.4, 0.5) is 4.79 Å². The summed E-state index contributed by atoms with van der Waals surface area (Å²) in [6.07, 6.45) is 0.506. The fourth-order valence-corrected chi connectivity index (χ4v) is 2.23. The quantitative estimate of drug-likeness (QED) is 0.724. The van der Waals surface area contributed by atoms with Gasteiger partial charge in [0.2, 0.25) is 5.91 Å². The van der Waals surface area contributed by atoms with Gasteiger partial charge in [0.25, 0.3) is 0 Å². The molecule has 3 saturated heterocycles. The van der Waals surface area contributed by atoms with E-state index in [0.717, 1.165) is 0 Å². The van der Waals surface area contributed by atoms with Crippen molar-refractivity contribution >= 4 is 22.7 Å². The molecule has 0 aromatic heterocycles. The molecule has 3 heterocycles. The number of hydrogen-bond acceptors (Lipinski definition) is 2. The lowest BCUT2D eigenvalue weighted by molar-refractivity contribution is -0.140. The van der Waals surface area contributed by atoms with E-state index in [-0.39, 0.29) is 11.9 Å². The fourth-order valence-electron chi connectivity index (χ4n) is 2.23. The molecule has 2 aromatic rings. The lowest BCUT2D eigenvalue weighted by atomic mass is 10.1. The summed E-state index contributed by atoms with van der Waals surface area (Å²) in [6, 6.07) is 16.6. The maximum Gasteiger partial charge on any atom is 0.329 e. The number of fused-ring (bicyclic) bond motifs is 3. The fraction of sp³-hybridized carbons (Fsp3) is 0.200. The summed E-state index contributed by atoms with van der Waals surface area (Å²) in [7, 11) is 0. The summed E-state index contributed by atoms with van der Waals surface area (Å²) in [5.41, 5.74) is 0. The van der Waals surface area contributed by atoms with E-state index in [1.165, 1.54) is 15.7 Å². The van der Waals surface area contributed by atoms with E-state index < -0.39 is 0 Å². The first-order valence-electron chi connectivity index (χ1n) is 6.29. The number of imide groups is 1. The minimum Gasteiger partial charge on any atom is -0.305 e. The molecule has 19 heavy (non-hydrogen) atoms. The van der Waals surface area contributed by atoms with Gasteiger partial charge in [-0.15, -0.1) is 0 Å². The van der Waals surface area contributed by atoms with E-state index in [1.807, 2.05) is 0 Å². The molecule has 2 bridgehead atoms. The molecule has 3 aliphatic heterocycles. The van der Waals surface area contributed by atoms with Gasteiger partial charge >= 0.3 is 6.03 Å². The average Bonchev–Trinajstić information content (AvgIpc) is 2.47. The zero-order valence-corrected chi connectivity index (χ0v) is 10.5. The van der Waals surface area contributed by atoms with Crippen LogP contribution >= 0.6 is 0 Å². The van der Waals surface area contributed by atoms with Crippen molar-refractivity contribution in [2.24, 2.45) is 0 Å². The topological polar surface area (TPSA) is 40.6 Å². The van der Waals surface area contributed by atoms with E-state index in [1.54, 1.807) is 4.90 Å². The second kappa shape index (κ2) is 4.72. The van der Waals surface area contributed by atoms with Crippen LogP contribution in [-0.2, 0) is 4.79 Å². The molecule has 96 valence electrons. The summed E-state index contributed by atoms with van der Waals surface area (Å²) in [5.74, 6) is -0.0255. The second-order valence-corrected chi connectivity index (χ2v) is 4.61. The van der Waals surface area contributed by atoms with Crippen LogP contribution in [0, 0.1) is 0 Å². The highest BCUT2D eigenvalue weighted by Crippen LogP contribution is 2.19. The van der Waals surface area contributed by atoms with Crippen LogP contribution in [0.25, 0.3) is 10.8 Å². The van der Waals surface area contributed by atoms with Crippen LogP contribution in [-0.4, -0.2) is 35.0 Å². The molecule has 0 N–H and O–H groups in total. The molecule has 2 aromatic carbocycles. The largest absolute Gasteiger partial charge is 0.329 e. The van der Waals surface area contributed by atoms with Crippen LogP contribution in [0.5, 0.6) is 0 Å². The Hall–Kier alpha value is -2.36. The van der Waals surface area contributed by atoms with Gasteiger partial charge in [-0.05, 0) is 10.8 Å². The van der Waals surface area contributed by atoms with Crippen LogP contribution in [0.3, 0.4) is 0 Å². The van der Waals surface area contributed by atoms with Gasteiger partial charge in [-0.25, -0.2) is 9.69 Å². The Kier molecular flexibility index (Phi) is 2.91. The highest BCUT2D eigenvalue weighted by atomic mass is 16.2. The van der Waals surface area contributed by atoms with Crippen LogP contribution < -0.4 is 0 Å². The number of carbonyl (C=O) groups excluding carboxylic acids is 2. The van der Waals surface area contributed by atoms with Crippen molar-refractivity contribution in [3.05, 3.63) is 48.5 Å². The standard InChI is InChI=1S/C10H8.C5H6N2O2/c1-2-6-10-8-4-3-7-9(10)5-1;8-4-1-2-6-3-7(4)5(6)9/h1-8H;1-3H2. The molecule has 3 aliphatic rings. The third-order valence-electron chi connectivity index (χ3n) is 3.37. The Bertz CT molecular complexity index is 563. The van der Waals surface area contributed by atoms with Gasteiger partial charge in [0, 0.05) is 13.0 Å². The molecule has 4 nitrogen and oxygen atoms in total. The summed E-state index contributed by atoms with van der Waals surface area (Å²) >= 11 is 0. The normalized spacial score (nSPS) is 16.8. The smallest absolute Gasteiger partial charge is 0.305 e. The predicted octanol–water partition coefficient (Wildman–Crippen LogP) is 2.45. The van der Waals surface area contributed by atoms with Crippen molar-refractivity contribution < 1.29 is 9.59 Å². The second-order valence-electron chi connectivity index (χ2n) is 4.61. The lowest BCUT2D eigenvalue weighted by Gasteiger charge is -2.44. The maximum absolute atomic E-state index is 10.7. The van der Waals surface area contributed by atoms with Crippen LogP contribution in [0.2, 0.25) is 0 Å². The average molecular weight is 254 g/mol. The van der Waals surface area contributed by atoms with Crippen molar-refractivity contribution in [2.45, 2.75) is 6.42 Å². The summed E-state index contributed by atoms with van der Waals surface area (Å²) < 4.78 is 0. The molecule has 0 spiro atoms. The summed E-state index contributed by atoms with van der Waals surface area (Å²) in [6.45, 7) is 1.14. The molecular formula is C15H14N2O2. The molecule has 0 unspecified atom stereocenters. The van der Waals surface area contributed by atoms with Crippen LogP contribution in [0.1, 0.15) is 6.42 Å². The number of benzene rings is 2.